The zero-order valence-corrected chi connectivity index (χ0v) is 17.4. The van der Waals surface area contributed by atoms with Crippen molar-refractivity contribution in [3.05, 3.63) is 47.1 Å². The van der Waals surface area contributed by atoms with Crippen LogP contribution in [0.4, 0.5) is 0 Å². The molecular weight excluding hydrogens is 394 g/mol. The van der Waals surface area contributed by atoms with Crippen LogP contribution in [-0.2, 0) is 21.3 Å². The first-order chi connectivity index (χ1) is 13.9. The van der Waals surface area contributed by atoms with E-state index in [-0.39, 0.29) is 11.4 Å². The van der Waals surface area contributed by atoms with Crippen LogP contribution in [-0.4, -0.2) is 58.9 Å². The van der Waals surface area contributed by atoms with E-state index in [2.05, 4.69) is 15.2 Å². The van der Waals surface area contributed by atoms with Gasteiger partial charge in [0.25, 0.3) is 0 Å². The quantitative estimate of drug-likeness (QED) is 0.625. The molecule has 1 saturated heterocycles. The van der Waals surface area contributed by atoms with Crippen molar-refractivity contribution in [2.75, 3.05) is 26.3 Å². The average Bonchev–Trinajstić information content (AvgIpc) is 3.27. The molecule has 10 heteroatoms. The van der Waals surface area contributed by atoms with Gasteiger partial charge in [-0.1, -0.05) is 28.9 Å². The Morgan fingerprint density at radius 1 is 1.14 bits per heavy atom. The molecule has 0 aliphatic carbocycles. The first-order valence-corrected chi connectivity index (χ1v) is 10.8. The van der Waals surface area contributed by atoms with Crippen LogP contribution in [0.25, 0.3) is 11.4 Å². The van der Waals surface area contributed by atoms with Gasteiger partial charge in [0.15, 0.2) is 0 Å². The van der Waals surface area contributed by atoms with E-state index in [9.17, 15) is 8.42 Å². The molecule has 1 aromatic carbocycles. The van der Waals surface area contributed by atoms with Crippen LogP contribution in [0.15, 0.2) is 33.7 Å². The summed E-state index contributed by atoms with van der Waals surface area (Å²) in [5.74, 6) is 0.855. The Hall–Kier alpha value is -2.56. The predicted molar refractivity (Wildman–Crippen MR) is 105 cm³/mol. The minimum Gasteiger partial charge on any atom is -0.379 e. The summed E-state index contributed by atoms with van der Waals surface area (Å²) in [4.78, 5) is 4.67. The Bertz CT molecular complexity index is 1130. The molecular formula is C19H23N5O4S. The van der Waals surface area contributed by atoms with Gasteiger partial charge in [-0.05, 0) is 26.8 Å². The largest absolute Gasteiger partial charge is 0.379 e. The van der Waals surface area contributed by atoms with Gasteiger partial charge < -0.3 is 9.26 Å². The van der Waals surface area contributed by atoms with Crippen LogP contribution in [0.3, 0.4) is 0 Å². The minimum absolute atomic E-state index is 0.199. The lowest BCUT2D eigenvalue weighted by atomic mass is 10.1. The SMILES string of the molecule is Cc1cccc(-c2noc(Cn3nc(C)c(S(=O)(=O)N4CCOCC4)c3C)n2)c1. The van der Waals surface area contributed by atoms with Crippen molar-refractivity contribution in [3.8, 4) is 11.4 Å². The van der Waals surface area contributed by atoms with Gasteiger partial charge in [0, 0.05) is 18.7 Å². The molecule has 3 aromatic rings. The van der Waals surface area contributed by atoms with Crippen LogP contribution in [0.2, 0.25) is 0 Å². The van der Waals surface area contributed by atoms with Gasteiger partial charge in [0.1, 0.15) is 11.4 Å². The molecule has 0 N–H and O–H groups in total. The molecule has 0 amide bonds. The molecule has 0 saturated carbocycles. The fraction of sp³-hybridized carbons (Fsp3) is 0.421. The maximum Gasteiger partial charge on any atom is 0.248 e. The second-order valence-corrected chi connectivity index (χ2v) is 8.93. The second kappa shape index (κ2) is 7.69. The third-order valence-electron chi connectivity index (χ3n) is 4.91. The molecule has 0 unspecified atom stereocenters. The van der Waals surface area contributed by atoms with Crippen LogP contribution >= 0.6 is 0 Å². The van der Waals surface area contributed by atoms with E-state index in [1.165, 1.54) is 4.31 Å². The number of ether oxygens (including phenoxy) is 1. The highest BCUT2D eigenvalue weighted by Gasteiger charge is 2.32. The molecule has 1 fully saturated rings. The Balaban J connectivity index is 1.60. The maximum atomic E-state index is 13.1. The number of benzene rings is 1. The standard InChI is InChI=1S/C19H23N5O4S/c1-13-5-4-6-16(11-13)19-20-17(28-22-19)12-24-15(3)18(14(2)21-24)29(25,26)23-7-9-27-10-8-23/h4-6,11H,7-10,12H2,1-3H3. The monoisotopic (exact) mass is 417 g/mol. The Morgan fingerprint density at radius 3 is 2.62 bits per heavy atom. The summed E-state index contributed by atoms with van der Waals surface area (Å²) < 4.78 is 39.8. The number of aryl methyl sites for hydroxylation is 2. The van der Waals surface area contributed by atoms with Crippen molar-refractivity contribution in [3.63, 3.8) is 0 Å². The lowest BCUT2D eigenvalue weighted by molar-refractivity contribution is 0.0730. The molecule has 0 atom stereocenters. The molecule has 0 spiro atoms. The summed E-state index contributed by atoms with van der Waals surface area (Å²) in [7, 11) is -3.63. The van der Waals surface area contributed by atoms with Gasteiger partial charge in [-0.15, -0.1) is 0 Å². The lowest BCUT2D eigenvalue weighted by Gasteiger charge is -2.26. The zero-order valence-electron chi connectivity index (χ0n) is 16.6. The number of hydrogen-bond donors (Lipinski definition) is 0. The van der Waals surface area contributed by atoms with E-state index in [1.54, 1.807) is 18.5 Å². The summed E-state index contributed by atoms with van der Waals surface area (Å²) in [5.41, 5.74) is 2.96. The zero-order chi connectivity index (χ0) is 20.6. The molecule has 3 heterocycles. The number of aromatic nitrogens is 4. The van der Waals surface area contributed by atoms with Crippen LogP contribution < -0.4 is 0 Å². The van der Waals surface area contributed by atoms with E-state index in [0.29, 0.717) is 49.4 Å². The van der Waals surface area contributed by atoms with Gasteiger partial charge in [0.05, 0.1) is 24.6 Å². The Kier molecular flexibility index (Phi) is 5.24. The Morgan fingerprint density at radius 2 is 1.90 bits per heavy atom. The molecule has 0 bridgehead atoms. The van der Waals surface area contributed by atoms with Crippen molar-refractivity contribution in [1.82, 2.24) is 24.2 Å². The molecule has 154 valence electrons. The normalized spacial score (nSPS) is 15.7. The van der Waals surface area contributed by atoms with Gasteiger partial charge in [-0.25, -0.2) is 8.42 Å². The molecule has 1 aliphatic heterocycles. The minimum atomic E-state index is -3.63. The van der Waals surface area contributed by atoms with Crippen molar-refractivity contribution in [2.45, 2.75) is 32.2 Å². The number of morpholine rings is 1. The molecule has 29 heavy (non-hydrogen) atoms. The lowest BCUT2D eigenvalue weighted by Crippen LogP contribution is -2.41. The summed E-state index contributed by atoms with van der Waals surface area (Å²) in [6.45, 7) is 7.12. The molecule has 9 nitrogen and oxygen atoms in total. The summed E-state index contributed by atoms with van der Waals surface area (Å²) in [5, 5.41) is 8.45. The highest BCUT2D eigenvalue weighted by molar-refractivity contribution is 7.89. The van der Waals surface area contributed by atoms with Crippen LogP contribution in [0.1, 0.15) is 22.8 Å². The summed E-state index contributed by atoms with van der Waals surface area (Å²) >= 11 is 0. The highest BCUT2D eigenvalue weighted by atomic mass is 32.2. The third-order valence-corrected chi connectivity index (χ3v) is 7.06. The predicted octanol–water partition coefficient (Wildman–Crippen LogP) is 1.93. The number of rotatable bonds is 5. The molecule has 0 radical (unpaired) electrons. The molecule has 2 aromatic heterocycles. The second-order valence-electron chi connectivity index (χ2n) is 7.06. The van der Waals surface area contributed by atoms with Gasteiger partial charge in [-0.3, -0.25) is 4.68 Å². The summed E-state index contributed by atoms with van der Waals surface area (Å²) in [6, 6.07) is 7.82. The van der Waals surface area contributed by atoms with Crippen molar-refractivity contribution < 1.29 is 17.7 Å². The van der Waals surface area contributed by atoms with E-state index in [0.717, 1.165) is 11.1 Å². The fourth-order valence-corrected chi connectivity index (χ4v) is 5.25. The van der Waals surface area contributed by atoms with E-state index in [4.69, 9.17) is 9.26 Å². The molecule has 1 aliphatic rings. The average molecular weight is 417 g/mol. The Labute approximate surface area is 169 Å². The number of hydrogen-bond acceptors (Lipinski definition) is 7. The third kappa shape index (κ3) is 3.83. The highest BCUT2D eigenvalue weighted by Crippen LogP contribution is 2.25. The first-order valence-electron chi connectivity index (χ1n) is 9.38. The van der Waals surface area contributed by atoms with Gasteiger partial charge >= 0.3 is 0 Å². The van der Waals surface area contributed by atoms with E-state index < -0.39 is 10.0 Å². The summed E-state index contributed by atoms with van der Waals surface area (Å²) in [6.07, 6.45) is 0. The topological polar surface area (TPSA) is 103 Å². The number of nitrogens with zero attached hydrogens (tertiary/aromatic N) is 5. The van der Waals surface area contributed by atoms with E-state index >= 15 is 0 Å². The first kappa shape index (κ1) is 19.7. The fourth-order valence-electron chi connectivity index (χ4n) is 3.47. The molecule has 4 rings (SSSR count). The van der Waals surface area contributed by atoms with Gasteiger partial charge in [-0.2, -0.15) is 14.4 Å². The van der Waals surface area contributed by atoms with Crippen LogP contribution in [0.5, 0.6) is 0 Å². The smallest absolute Gasteiger partial charge is 0.248 e. The van der Waals surface area contributed by atoms with Crippen LogP contribution in [0, 0.1) is 20.8 Å². The van der Waals surface area contributed by atoms with E-state index in [1.807, 2.05) is 31.2 Å². The van der Waals surface area contributed by atoms with Crippen molar-refractivity contribution in [1.29, 1.82) is 0 Å². The van der Waals surface area contributed by atoms with Gasteiger partial charge in [0.2, 0.25) is 21.7 Å². The maximum absolute atomic E-state index is 13.1. The number of sulfonamides is 1. The van der Waals surface area contributed by atoms with Crippen molar-refractivity contribution in [2.24, 2.45) is 0 Å². The van der Waals surface area contributed by atoms with Crippen molar-refractivity contribution >= 4 is 10.0 Å².